The number of nitrogens with zero attached hydrogens (tertiary/aromatic N) is 2. The van der Waals surface area contributed by atoms with Crippen LogP contribution >= 0.6 is 0 Å². The van der Waals surface area contributed by atoms with E-state index >= 15 is 0 Å². The smallest absolute Gasteiger partial charge is 0.0953 e. The van der Waals surface area contributed by atoms with Crippen LogP contribution in [0.15, 0.2) is 12.5 Å². The largest absolute Gasteiger partial charge is 0.379 e. The van der Waals surface area contributed by atoms with E-state index < -0.39 is 0 Å². The molecule has 0 radical (unpaired) electrons. The Morgan fingerprint density at radius 3 is 3.38 bits per heavy atom. The van der Waals surface area contributed by atoms with Gasteiger partial charge < -0.3 is 14.6 Å². The monoisotopic (exact) mass is 181 g/mol. The summed E-state index contributed by atoms with van der Waals surface area (Å²) < 4.78 is 7.47. The summed E-state index contributed by atoms with van der Waals surface area (Å²) in [6.07, 6.45) is 5.09. The topological polar surface area (TPSA) is 39.1 Å². The number of hydrogen-bond donors (Lipinski definition) is 1. The van der Waals surface area contributed by atoms with Crippen molar-refractivity contribution in [2.75, 3.05) is 20.3 Å². The molecule has 0 amide bonds. The lowest BCUT2D eigenvalue weighted by Crippen LogP contribution is -2.07. The van der Waals surface area contributed by atoms with Crippen molar-refractivity contribution in [2.45, 2.75) is 19.0 Å². The molecular weight excluding hydrogens is 166 g/mol. The van der Waals surface area contributed by atoms with Gasteiger partial charge in [-0.15, -0.1) is 0 Å². The molecule has 1 aromatic heterocycles. The van der Waals surface area contributed by atoms with E-state index in [9.17, 15) is 0 Å². The van der Waals surface area contributed by atoms with Gasteiger partial charge in [0, 0.05) is 19.3 Å². The van der Waals surface area contributed by atoms with Gasteiger partial charge in [-0.2, -0.15) is 0 Å². The first-order valence-electron chi connectivity index (χ1n) is 4.65. The van der Waals surface area contributed by atoms with Crippen molar-refractivity contribution < 1.29 is 4.74 Å². The Hall–Kier alpha value is -0.870. The van der Waals surface area contributed by atoms with Gasteiger partial charge in [-0.3, -0.25) is 0 Å². The van der Waals surface area contributed by atoms with Gasteiger partial charge in [-0.25, -0.2) is 4.98 Å². The Morgan fingerprint density at radius 1 is 1.77 bits per heavy atom. The molecule has 4 nitrogen and oxygen atoms in total. The minimum atomic E-state index is 0.498. The van der Waals surface area contributed by atoms with E-state index in [4.69, 9.17) is 4.74 Å². The van der Waals surface area contributed by atoms with E-state index in [2.05, 4.69) is 21.1 Å². The Bertz CT molecular complexity index is 266. The summed E-state index contributed by atoms with van der Waals surface area (Å²) in [5.41, 5.74) is 1.09. The standard InChI is InChI=1S/C9H15N3O/c1-10-4-8-5-12(7-11-8)9-2-3-13-6-9/h5,7,9-10H,2-4,6H2,1H3. The molecule has 1 fully saturated rings. The minimum Gasteiger partial charge on any atom is -0.379 e. The Labute approximate surface area is 77.9 Å². The van der Waals surface area contributed by atoms with Crippen LogP contribution in [0.1, 0.15) is 18.2 Å². The quantitative estimate of drug-likeness (QED) is 0.740. The molecule has 4 heteroatoms. The minimum absolute atomic E-state index is 0.498. The summed E-state index contributed by atoms with van der Waals surface area (Å²) in [6.45, 7) is 2.54. The fraction of sp³-hybridized carbons (Fsp3) is 0.667. The SMILES string of the molecule is CNCc1cn(C2CCOC2)cn1. The van der Waals surface area contributed by atoms with Crippen LogP contribution in [0, 0.1) is 0 Å². The second-order valence-electron chi connectivity index (χ2n) is 3.36. The molecule has 1 aliphatic heterocycles. The number of aromatic nitrogens is 2. The van der Waals surface area contributed by atoms with E-state index in [0.717, 1.165) is 31.9 Å². The van der Waals surface area contributed by atoms with E-state index in [0.29, 0.717) is 6.04 Å². The molecule has 72 valence electrons. The van der Waals surface area contributed by atoms with Crippen LogP contribution in [0.4, 0.5) is 0 Å². The third kappa shape index (κ3) is 1.89. The molecule has 0 aliphatic carbocycles. The fourth-order valence-electron chi connectivity index (χ4n) is 1.61. The zero-order valence-corrected chi connectivity index (χ0v) is 7.86. The summed E-state index contributed by atoms with van der Waals surface area (Å²) >= 11 is 0. The van der Waals surface area contributed by atoms with Gasteiger partial charge in [-0.1, -0.05) is 0 Å². The highest BCUT2D eigenvalue weighted by atomic mass is 16.5. The van der Waals surface area contributed by atoms with Gasteiger partial charge in [0.25, 0.3) is 0 Å². The molecule has 1 atom stereocenters. The summed E-state index contributed by atoms with van der Waals surface area (Å²) in [5.74, 6) is 0. The normalized spacial score (nSPS) is 22.4. The lowest BCUT2D eigenvalue weighted by molar-refractivity contribution is 0.186. The van der Waals surface area contributed by atoms with Crippen LogP contribution in [0.3, 0.4) is 0 Å². The van der Waals surface area contributed by atoms with E-state index in [-0.39, 0.29) is 0 Å². The average Bonchev–Trinajstić information content (AvgIpc) is 2.70. The van der Waals surface area contributed by atoms with Gasteiger partial charge in [0.1, 0.15) is 0 Å². The molecule has 2 heterocycles. The van der Waals surface area contributed by atoms with Crippen molar-refractivity contribution in [1.82, 2.24) is 14.9 Å². The third-order valence-electron chi connectivity index (χ3n) is 2.34. The number of imidazole rings is 1. The maximum Gasteiger partial charge on any atom is 0.0953 e. The van der Waals surface area contributed by atoms with Crippen LogP contribution in [-0.2, 0) is 11.3 Å². The third-order valence-corrected chi connectivity index (χ3v) is 2.34. The highest BCUT2D eigenvalue weighted by Crippen LogP contribution is 2.18. The summed E-state index contributed by atoms with van der Waals surface area (Å²) in [4.78, 5) is 4.30. The highest BCUT2D eigenvalue weighted by Gasteiger charge is 2.17. The van der Waals surface area contributed by atoms with Crippen molar-refractivity contribution in [2.24, 2.45) is 0 Å². The maximum atomic E-state index is 5.32. The number of rotatable bonds is 3. The molecular formula is C9H15N3O. The Kier molecular flexibility index (Phi) is 2.61. The van der Waals surface area contributed by atoms with Gasteiger partial charge in [0.15, 0.2) is 0 Å². The summed E-state index contributed by atoms with van der Waals surface area (Å²) in [5, 5.41) is 3.08. The van der Waals surface area contributed by atoms with Crippen LogP contribution in [0.25, 0.3) is 0 Å². The summed E-state index contributed by atoms with van der Waals surface area (Å²) in [7, 11) is 1.93. The Morgan fingerprint density at radius 2 is 2.69 bits per heavy atom. The maximum absolute atomic E-state index is 5.32. The first-order chi connectivity index (χ1) is 6.40. The second kappa shape index (κ2) is 3.89. The molecule has 0 saturated carbocycles. The van der Waals surface area contributed by atoms with Crippen molar-refractivity contribution in [1.29, 1.82) is 0 Å². The zero-order chi connectivity index (χ0) is 9.10. The Balaban J connectivity index is 2.03. The number of nitrogens with one attached hydrogen (secondary N) is 1. The highest BCUT2D eigenvalue weighted by molar-refractivity contribution is 4.98. The molecule has 1 aliphatic rings. The van der Waals surface area contributed by atoms with Crippen LogP contribution in [0.2, 0.25) is 0 Å². The molecule has 0 spiro atoms. The van der Waals surface area contributed by atoms with Crippen molar-refractivity contribution in [3.63, 3.8) is 0 Å². The molecule has 1 saturated heterocycles. The van der Waals surface area contributed by atoms with Crippen LogP contribution in [0.5, 0.6) is 0 Å². The van der Waals surface area contributed by atoms with Gasteiger partial charge >= 0.3 is 0 Å². The first kappa shape index (κ1) is 8.72. The van der Waals surface area contributed by atoms with E-state index in [1.54, 1.807) is 0 Å². The van der Waals surface area contributed by atoms with Crippen LogP contribution < -0.4 is 5.32 Å². The molecule has 13 heavy (non-hydrogen) atoms. The lowest BCUT2D eigenvalue weighted by Gasteiger charge is -2.07. The molecule has 2 rings (SSSR count). The molecule has 0 bridgehead atoms. The number of ether oxygens (including phenoxy) is 1. The van der Waals surface area contributed by atoms with Crippen molar-refractivity contribution in [3.05, 3.63) is 18.2 Å². The molecule has 1 N–H and O–H groups in total. The van der Waals surface area contributed by atoms with Gasteiger partial charge in [0.05, 0.1) is 24.7 Å². The first-order valence-corrected chi connectivity index (χ1v) is 4.65. The van der Waals surface area contributed by atoms with Crippen molar-refractivity contribution >= 4 is 0 Å². The average molecular weight is 181 g/mol. The van der Waals surface area contributed by atoms with E-state index in [1.807, 2.05) is 13.4 Å². The zero-order valence-electron chi connectivity index (χ0n) is 7.86. The van der Waals surface area contributed by atoms with Crippen molar-refractivity contribution in [3.8, 4) is 0 Å². The van der Waals surface area contributed by atoms with Gasteiger partial charge in [0.2, 0.25) is 0 Å². The predicted octanol–water partition coefficient (Wildman–Crippen LogP) is 0.564. The van der Waals surface area contributed by atoms with Crippen LogP contribution in [-0.4, -0.2) is 29.8 Å². The lowest BCUT2D eigenvalue weighted by atomic mass is 10.2. The van der Waals surface area contributed by atoms with E-state index in [1.165, 1.54) is 0 Å². The van der Waals surface area contributed by atoms with Gasteiger partial charge in [-0.05, 0) is 13.5 Å². The fourth-order valence-corrected chi connectivity index (χ4v) is 1.61. The molecule has 1 unspecified atom stereocenters. The second-order valence-corrected chi connectivity index (χ2v) is 3.36. The molecule has 0 aromatic carbocycles. The summed E-state index contributed by atoms with van der Waals surface area (Å²) in [6, 6.07) is 0.498. The molecule has 1 aromatic rings. The predicted molar refractivity (Wildman–Crippen MR) is 49.5 cm³/mol. The number of hydrogen-bond acceptors (Lipinski definition) is 3.